The molecule has 3 aromatic rings. The maximum atomic E-state index is 11.0. The summed E-state index contributed by atoms with van der Waals surface area (Å²) in [4.78, 5) is 11.1. The Morgan fingerprint density at radius 3 is 2.66 bits per heavy atom. The first-order chi connectivity index (χ1) is 18.5. The lowest BCUT2D eigenvalue weighted by Crippen LogP contribution is -2.43. The molecule has 0 saturated carbocycles. The molecule has 0 bridgehead atoms. The Hall–Kier alpha value is -3.16. The van der Waals surface area contributed by atoms with E-state index < -0.39 is 10.9 Å². The van der Waals surface area contributed by atoms with Gasteiger partial charge in [0.15, 0.2) is 5.82 Å². The van der Waals surface area contributed by atoms with E-state index in [-0.39, 0.29) is 13.2 Å². The van der Waals surface area contributed by atoms with Crippen LogP contribution in [-0.4, -0.2) is 62.9 Å². The maximum Gasteiger partial charge on any atom is 0.229 e. The lowest BCUT2D eigenvalue weighted by atomic mass is 10.0. The van der Waals surface area contributed by atoms with Gasteiger partial charge in [0, 0.05) is 49.7 Å². The molecule has 0 amide bonds. The van der Waals surface area contributed by atoms with Gasteiger partial charge in [-0.15, -0.1) is 0 Å². The molecule has 2 heterocycles. The maximum absolute atomic E-state index is 11.0. The number of hydrogen-bond acceptors (Lipinski definition) is 10. The third-order valence-electron chi connectivity index (χ3n) is 6.25. The summed E-state index contributed by atoms with van der Waals surface area (Å²) in [6.45, 7) is 2.73. The van der Waals surface area contributed by atoms with Gasteiger partial charge in [0.25, 0.3) is 0 Å². The van der Waals surface area contributed by atoms with Crippen molar-refractivity contribution in [3.63, 3.8) is 0 Å². The number of aliphatic hydroxyl groups is 1. The number of rotatable bonds is 12. The molecule has 13 heteroatoms. The third kappa shape index (κ3) is 7.45. The van der Waals surface area contributed by atoms with Gasteiger partial charge in [-0.05, 0) is 36.6 Å². The summed E-state index contributed by atoms with van der Waals surface area (Å²) >= 11 is 6.36. The van der Waals surface area contributed by atoms with Gasteiger partial charge in [-0.1, -0.05) is 29.8 Å². The molecule has 0 spiro atoms. The zero-order valence-electron chi connectivity index (χ0n) is 21.0. The summed E-state index contributed by atoms with van der Waals surface area (Å²) in [6, 6.07) is 13.6. The van der Waals surface area contributed by atoms with Gasteiger partial charge < -0.3 is 30.7 Å². The largest absolute Gasteiger partial charge is 0.494 e. The lowest BCUT2D eigenvalue weighted by molar-refractivity contribution is 0.277. The number of piperidine rings is 1. The summed E-state index contributed by atoms with van der Waals surface area (Å²) in [5, 5.41) is 19.1. The highest BCUT2D eigenvalue weighted by molar-refractivity contribution is 7.70. The van der Waals surface area contributed by atoms with Crippen molar-refractivity contribution >= 4 is 51.3 Å². The van der Waals surface area contributed by atoms with Crippen molar-refractivity contribution in [2.24, 2.45) is 0 Å². The van der Waals surface area contributed by atoms with Crippen molar-refractivity contribution in [1.29, 1.82) is 0 Å². The Bertz CT molecular complexity index is 1290. The number of aromatic nitrogens is 2. The van der Waals surface area contributed by atoms with Crippen LogP contribution in [0.2, 0.25) is 5.02 Å². The highest BCUT2D eigenvalue weighted by Gasteiger charge is 2.20. The molecule has 4 rings (SSSR count). The van der Waals surface area contributed by atoms with Gasteiger partial charge in [-0.3, -0.25) is 0 Å². The fraction of sp³-hybridized carbons (Fsp3) is 0.360. The van der Waals surface area contributed by atoms with Gasteiger partial charge in [-0.25, -0.2) is 18.1 Å². The van der Waals surface area contributed by atoms with E-state index in [1.165, 1.54) is 6.20 Å². The highest BCUT2D eigenvalue weighted by Crippen LogP contribution is 2.33. The Labute approximate surface area is 228 Å². The second-order valence-corrected chi connectivity index (χ2v) is 9.95. The average molecular weight is 562 g/mol. The summed E-state index contributed by atoms with van der Waals surface area (Å²) in [5.74, 6) is 1.34. The number of nitrogens with one attached hydrogen (secondary N) is 4. The Morgan fingerprint density at radius 2 is 1.92 bits per heavy atom. The van der Waals surface area contributed by atoms with Crippen LogP contribution in [0, 0.1) is 0 Å². The molecular weight excluding hydrogens is 530 g/mol. The summed E-state index contributed by atoms with van der Waals surface area (Å²) in [7, 11) is -1.10. The van der Waals surface area contributed by atoms with Crippen molar-refractivity contribution in [2.75, 3.05) is 48.9 Å². The predicted octanol–water partition coefficient (Wildman–Crippen LogP) is 2.79. The summed E-state index contributed by atoms with van der Waals surface area (Å²) < 4.78 is 30.0. The highest BCUT2D eigenvalue weighted by atomic mass is 35.5. The van der Waals surface area contributed by atoms with Crippen molar-refractivity contribution in [3.05, 3.63) is 59.2 Å². The van der Waals surface area contributed by atoms with E-state index in [1.807, 2.05) is 42.5 Å². The minimum Gasteiger partial charge on any atom is -0.494 e. The van der Waals surface area contributed by atoms with Crippen LogP contribution in [0.25, 0.3) is 0 Å². The molecule has 0 unspecified atom stereocenters. The second kappa shape index (κ2) is 13.6. The first-order valence-corrected chi connectivity index (χ1v) is 13.8. The number of ether oxygens (including phenoxy) is 1. The molecule has 1 saturated heterocycles. The van der Waals surface area contributed by atoms with Gasteiger partial charge in [0.1, 0.15) is 10.8 Å². The van der Waals surface area contributed by atoms with Crippen LogP contribution in [0.5, 0.6) is 5.75 Å². The van der Waals surface area contributed by atoms with Gasteiger partial charge in [-0.2, -0.15) is 4.98 Å². The zero-order chi connectivity index (χ0) is 26.9. The second-order valence-electron chi connectivity index (χ2n) is 8.71. The topological polar surface area (TPSA) is 141 Å². The Morgan fingerprint density at radius 1 is 1.13 bits per heavy atom. The van der Waals surface area contributed by atoms with Crippen LogP contribution in [0.15, 0.2) is 48.7 Å². The molecule has 1 aliphatic heterocycles. The van der Waals surface area contributed by atoms with Crippen molar-refractivity contribution in [2.45, 2.75) is 25.4 Å². The molecule has 2 aromatic carbocycles. The standard InChI is InChI=1S/C25H32ClN7O4S/c1-37-23-14-19(33-11-8-18(9-12-33)27-10-13-34)6-7-22(23)31-25-28-16-20(26)24(32-25)30-21-5-3-2-4-17(21)15-29-38(35)36/h2-7,14,16,18,27,34,38H,8-13,15H2,1H3,(H,29,35,36)(H2,28,30,31,32). The number of nitrogens with zero attached hydrogens (tertiary/aromatic N) is 3. The van der Waals surface area contributed by atoms with E-state index in [4.69, 9.17) is 21.4 Å². The first-order valence-electron chi connectivity index (χ1n) is 12.3. The normalized spacial score (nSPS) is 14.1. The molecule has 1 aliphatic rings. The van der Waals surface area contributed by atoms with Gasteiger partial charge >= 0.3 is 0 Å². The van der Waals surface area contributed by atoms with Crippen LogP contribution < -0.4 is 30.3 Å². The number of anilines is 5. The molecule has 38 heavy (non-hydrogen) atoms. The Balaban J connectivity index is 1.47. The molecule has 1 fully saturated rings. The van der Waals surface area contributed by atoms with Crippen LogP contribution >= 0.6 is 11.6 Å². The third-order valence-corrected chi connectivity index (χ3v) is 6.94. The minimum atomic E-state index is -2.72. The number of methoxy groups -OCH3 is 1. The fourth-order valence-electron chi connectivity index (χ4n) is 4.30. The number of aliphatic hydroxyl groups excluding tert-OH is 1. The molecular formula is C25H32ClN7O4S. The van der Waals surface area contributed by atoms with E-state index in [1.54, 1.807) is 7.11 Å². The van der Waals surface area contributed by atoms with E-state index in [0.29, 0.717) is 46.5 Å². The molecule has 5 N–H and O–H groups in total. The zero-order valence-corrected chi connectivity index (χ0v) is 22.6. The molecule has 0 radical (unpaired) electrons. The SMILES string of the molecule is COc1cc(N2CCC(NCCO)CC2)ccc1Nc1ncc(Cl)c(Nc2ccccc2CN[SH](=O)=O)n1. The lowest BCUT2D eigenvalue weighted by Gasteiger charge is -2.34. The molecule has 1 aromatic heterocycles. The predicted molar refractivity (Wildman–Crippen MR) is 151 cm³/mol. The number of hydrogen-bond donors (Lipinski definition) is 6. The Kier molecular flexibility index (Phi) is 9.96. The fourth-order valence-corrected chi connectivity index (χ4v) is 4.74. The van der Waals surface area contributed by atoms with Gasteiger partial charge in [0.2, 0.25) is 16.8 Å². The van der Waals surface area contributed by atoms with Gasteiger partial charge in [0.05, 0.1) is 25.6 Å². The monoisotopic (exact) mass is 561 g/mol. The number of halogens is 1. The number of para-hydroxylation sites is 1. The van der Waals surface area contributed by atoms with E-state index >= 15 is 0 Å². The summed E-state index contributed by atoms with van der Waals surface area (Å²) in [6.07, 6.45) is 3.50. The molecule has 11 nitrogen and oxygen atoms in total. The van der Waals surface area contributed by atoms with E-state index in [2.05, 4.69) is 35.5 Å². The summed E-state index contributed by atoms with van der Waals surface area (Å²) in [5.41, 5.74) is 3.17. The minimum absolute atomic E-state index is 0.135. The van der Waals surface area contributed by atoms with E-state index in [0.717, 1.165) is 37.2 Å². The van der Waals surface area contributed by atoms with Crippen molar-refractivity contribution in [3.8, 4) is 5.75 Å². The van der Waals surface area contributed by atoms with Crippen LogP contribution in [0.4, 0.5) is 28.8 Å². The van der Waals surface area contributed by atoms with E-state index in [9.17, 15) is 8.42 Å². The molecule has 0 atom stereocenters. The van der Waals surface area contributed by atoms with Crippen LogP contribution in [0.3, 0.4) is 0 Å². The first kappa shape index (κ1) is 27.9. The van der Waals surface area contributed by atoms with Crippen LogP contribution in [-0.2, 0) is 17.4 Å². The van der Waals surface area contributed by atoms with Crippen LogP contribution in [0.1, 0.15) is 18.4 Å². The smallest absolute Gasteiger partial charge is 0.229 e. The molecule has 0 aliphatic carbocycles. The molecule has 204 valence electrons. The van der Waals surface area contributed by atoms with Crippen molar-refractivity contribution < 1.29 is 18.3 Å². The average Bonchev–Trinajstić information content (AvgIpc) is 2.93. The van der Waals surface area contributed by atoms with Crippen molar-refractivity contribution in [1.82, 2.24) is 20.0 Å². The quantitative estimate of drug-likeness (QED) is 0.183. The number of benzene rings is 2. The number of thiol groups is 1.